The minimum absolute atomic E-state index is 0.145. The van der Waals surface area contributed by atoms with Gasteiger partial charge in [-0.25, -0.2) is 8.42 Å². The molecule has 0 spiro atoms. The second-order valence-electron chi connectivity index (χ2n) is 4.10. The van der Waals surface area contributed by atoms with Crippen molar-refractivity contribution in [2.45, 2.75) is 24.5 Å². The predicted molar refractivity (Wildman–Crippen MR) is 72.0 cm³/mol. The van der Waals surface area contributed by atoms with Crippen molar-refractivity contribution >= 4 is 21.6 Å². The monoisotopic (exact) mass is 313 g/mol. The van der Waals surface area contributed by atoms with Gasteiger partial charge in [-0.15, -0.1) is 0 Å². The number of nitrogens with one attached hydrogen (secondary N) is 1. The normalized spacial score (nSPS) is 12.2. The van der Waals surface area contributed by atoms with Crippen molar-refractivity contribution in [2.75, 3.05) is 18.6 Å². The van der Waals surface area contributed by atoms with E-state index in [1.807, 2.05) is 0 Å². The molecular formula is C11H17F2NO3S2. The topological polar surface area (TPSA) is 59.3 Å². The Hall–Kier alpha value is -0.600. The molecule has 0 unspecified atom stereocenters. The van der Waals surface area contributed by atoms with Crippen LogP contribution in [0, 0.1) is 0 Å². The molecule has 4 nitrogen and oxygen atoms in total. The molecule has 1 rings (SSSR count). The third kappa shape index (κ3) is 8.22. The van der Waals surface area contributed by atoms with Gasteiger partial charge in [0, 0.05) is 6.26 Å². The Bertz CT molecular complexity index is 474. The smallest absolute Gasteiger partial charge is 0.284 e. The summed E-state index contributed by atoms with van der Waals surface area (Å²) in [7, 11) is -2.92. The van der Waals surface area contributed by atoms with Crippen LogP contribution in [0.2, 0.25) is 0 Å². The summed E-state index contributed by atoms with van der Waals surface area (Å²) in [6.45, 7) is 1.03. The molecule has 8 heteroatoms. The molecular weight excluding hydrogens is 296 g/mol. The van der Waals surface area contributed by atoms with Crippen LogP contribution in [0.25, 0.3) is 0 Å². The van der Waals surface area contributed by atoms with Gasteiger partial charge in [-0.1, -0.05) is 11.8 Å². The van der Waals surface area contributed by atoms with E-state index in [0.29, 0.717) is 42.8 Å². The minimum Gasteiger partial charge on any atom is -0.464 e. The second-order valence-corrected chi connectivity index (χ2v) is 7.34. The van der Waals surface area contributed by atoms with Gasteiger partial charge in [0.05, 0.1) is 18.1 Å². The van der Waals surface area contributed by atoms with Crippen LogP contribution < -0.4 is 5.32 Å². The van der Waals surface area contributed by atoms with Crippen molar-refractivity contribution in [3.05, 3.63) is 23.7 Å². The molecule has 1 aromatic heterocycles. The number of sulfone groups is 1. The van der Waals surface area contributed by atoms with E-state index in [2.05, 4.69) is 5.32 Å². The quantitative estimate of drug-likeness (QED) is 0.709. The molecule has 0 aromatic carbocycles. The molecule has 0 fully saturated rings. The minimum atomic E-state index is -2.92. The van der Waals surface area contributed by atoms with Crippen molar-refractivity contribution in [3.63, 3.8) is 0 Å². The highest BCUT2D eigenvalue weighted by Gasteiger charge is 2.07. The van der Waals surface area contributed by atoms with E-state index < -0.39 is 15.6 Å². The summed E-state index contributed by atoms with van der Waals surface area (Å²) in [6, 6.07) is 3.40. The molecule has 0 amide bonds. The number of halogens is 2. The molecule has 0 atom stereocenters. The Morgan fingerprint density at radius 3 is 2.68 bits per heavy atom. The molecule has 1 aromatic rings. The average molecular weight is 313 g/mol. The van der Waals surface area contributed by atoms with Gasteiger partial charge in [-0.3, -0.25) is 0 Å². The van der Waals surface area contributed by atoms with Gasteiger partial charge in [-0.2, -0.15) is 8.78 Å². The van der Waals surface area contributed by atoms with Crippen LogP contribution >= 0.6 is 11.8 Å². The molecule has 0 saturated carbocycles. The van der Waals surface area contributed by atoms with Gasteiger partial charge in [0.25, 0.3) is 5.76 Å². The zero-order valence-corrected chi connectivity index (χ0v) is 12.2. The van der Waals surface area contributed by atoms with Crippen molar-refractivity contribution in [3.8, 4) is 0 Å². The van der Waals surface area contributed by atoms with E-state index in [-0.39, 0.29) is 11.5 Å². The molecule has 0 bridgehead atoms. The van der Waals surface area contributed by atoms with Crippen molar-refractivity contribution in [1.82, 2.24) is 5.32 Å². The van der Waals surface area contributed by atoms with Crippen LogP contribution in [0.3, 0.4) is 0 Å². The van der Waals surface area contributed by atoms with Gasteiger partial charge in [0.15, 0.2) is 0 Å². The molecule has 0 radical (unpaired) electrons. The fourth-order valence-corrected chi connectivity index (χ4v) is 2.53. The Kier molecular flexibility index (Phi) is 6.81. The van der Waals surface area contributed by atoms with Crippen LogP contribution in [-0.4, -0.2) is 32.7 Å². The summed E-state index contributed by atoms with van der Waals surface area (Å²) in [5.74, 6) is -0.940. The Balaban J connectivity index is 2.19. The zero-order chi connectivity index (χ0) is 14.3. The molecule has 19 heavy (non-hydrogen) atoms. The largest absolute Gasteiger partial charge is 0.464 e. The van der Waals surface area contributed by atoms with Crippen molar-refractivity contribution in [2.24, 2.45) is 0 Å². The van der Waals surface area contributed by atoms with E-state index >= 15 is 0 Å². The zero-order valence-electron chi connectivity index (χ0n) is 10.6. The Morgan fingerprint density at radius 1 is 1.37 bits per heavy atom. The number of furan rings is 1. The lowest BCUT2D eigenvalue weighted by atomic mass is 10.4. The summed E-state index contributed by atoms with van der Waals surface area (Å²) < 4.78 is 51.1. The summed E-state index contributed by atoms with van der Waals surface area (Å²) in [5, 5.41) is 3.04. The van der Waals surface area contributed by atoms with E-state index in [1.54, 1.807) is 12.1 Å². The maximum atomic E-state index is 12.0. The fourth-order valence-electron chi connectivity index (χ4n) is 1.41. The van der Waals surface area contributed by atoms with E-state index in [1.165, 1.54) is 6.26 Å². The number of hydrogen-bond donors (Lipinski definition) is 1. The lowest BCUT2D eigenvalue weighted by Gasteiger charge is -2.02. The fraction of sp³-hybridized carbons (Fsp3) is 0.636. The van der Waals surface area contributed by atoms with Crippen LogP contribution in [0.15, 0.2) is 16.5 Å². The molecule has 110 valence electrons. The summed E-state index contributed by atoms with van der Waals surface area (Å²) in [4.78, 5) is 0. The maximum Gasteiger partial charge on any atom is 0.284 e. The van der Waals surface area contributed by atoms with Crippen LogP contribution in [0.5, 0.6) is 0 Å². The van der Waals surface area contributed by atoms with E-state index in [0.717, 1.165) is 0 Å². The van der Waals surface area contributed by atoms with Gasteiger partial charge < -0.3 is 9.73 Å². The Morgan fingerprint density at radius 2 is 2.05 bits per heavy atom. The first-order valence-corrected chi connectivity index (χ1v) is 8.83. The molecule has 0 aliphatic carbocycles. The molecule has 1 N–H and O–H groups in total. The summed E-state index contributed by atoms with van der Waals surface area (Å²) in [6.07, 6.45) is 1.74. The second kappa shape index (κ2) is 7.86. The lowest BCUT2D eigenvalue weighted by molar-refractivity contribution is 0.251. The SMILES string of the molecule is CS(=O)(=O)CCCNCc1ccc(CSC(F)F)o1. The average Bonchev–Trinajstić information content (AvgIpc) is 2.72. The van der Waals surface area contributed by atoms with Gasteiger partial charge in [0.1, 0.15) is 21.4 Å². The highest BCUT2D eigenvalue weighted by molar-refractivity contribution is 7.98. The number of rotatable bonds is 9. The molecule has 0 saturated heterocycles. The van der Waals surface area contributed by atoms with Gasteiger partial charge >= 0.3 is 0 Å². The lowest BCUT2D eigenvalue weighted by Crippen LogP contribution is -2.17. The van der Waals surface area contributed by atoms with Crippen LogP contribution in [0.1, 0.15) is 17.9 Å². The maximum absolute atomic E-state index is 12.0. The van der Waals surface area contributed by atoms with Crippen LogP contribution in [-0.2, 0) is 22.1 Å². The number of alkyl halides is 2. The molecule has 1 heterocycles. The van der Waals surface area contributed by atoms with Crippen molar-refractivity contribution < 1.29 is 21.6 Å². The van der Waals surface area contributed by atoms with Gasteiger partial charge in [-0.05, 0) is 25.1 Å². The first-order valence-electron chi connectivity index (χ1n) is 5.72. The number of thioether (sulfide) groups is 1. The third-order valence-electron chi connectivity index (χ3n) is 2.24. The highest BCUT2D eigenvalue weighted by Crippen LogP contribution is 2.21. The predicted octanol–water partition coefficient (Wildman–Crippen LogP) is 2.26. The summed E-state index contributed by atoms with van der Waals surface area (Å²) in [5.41, 5.74) is 0. The first-order chi connectivity index (χ1) is 8.87. The number of hydrogen-bond acceptors (Lipinski definition) is 5. The highest BCUT2D eigenvalue weighted by atomic mass is 32.2. The van der Waals surface area contributed by atoms with E-state index in [9.17, 15) is 17.2 Å². The third-order valence-corrected chi connectivity index (χ3v) is 3.97. The molecule has 0 aliphatic rings. The van der Waals surface area contributed by atoms with Crippen LogP contribution in [0.4, 0.5) is 8.78 Å². The first kappa shape index (κ1) is 16.5. The molecule has 0 aliphatic heterocycles. The summed E-state index contributed by atoms with van der Waals surface area (Å²) >= 11 is 0.518. The Labute approximate surface area is 115 Å². The standard InChI is InChI=1S/C11H17F2NO3S2/c1-19(15,16)6-2-5-14-7-9-3-4-10(17-9)8-18-11(12)13/h3-4,11,14H,2,5-8H2,1H3. The van der Waals surface area contributed by atoms with E-state index in [4.69, 9.17) is 4.42 Å². The van der Waals surface area contributed by atoms with Crippen molar-refractivity contribution in [1.29, 1.82) is 0 Å². The van der Waals surface area contributed by atoms with Gasteiger partial charge in [0.2, 0.25) is 0 Å².